The van der Waals surface area contributed by atoms with Crippen LogP contribution in [0.2, 0.25) is 5.02 Å². The van der Waals surface area contributed by atoms with E-state index in [1.54, 1.807) is 12.1 Å². The molecule has 0 atom stereocenters. The molecule has 1 aromatic rings. The highest BCUT2D eigenvalue weighted by Gasteiger charge is 2.27. The minimum Gasteiger partial charge on any atom is -0.395 e. The maximum absolute atomic E-state index is 11.0. The van der Waals surface area contributed by atoms with E-state index in [-0.39, 0.29) is 12.3 Å². The molecule has 0 saturated heterocycles. The summed E-state index contributed by atoms with van der Waals surface area (Å²) in [5, 5.41) is 20.6. The van der Waals surface area contributed by atoms with Gasteiger partial charge in [-0.05, 0) is 18.9 Å². The van der Waals surface area contributed by atoms with Crippen molar-refractivity contribution >= 4 is 17.3 Å². The van der Waals surface area contributed by atoms with Gasteiger partial charge in [0.15, 0.2) is 0 Å². The van der Waals surface area contributed by atoms with Crippen molar-refractivity contribution < 1.29 is 10.0 Å². The summed E-state index contributed by atoms with van der Waals surface area (Å²) < 4.78 is 0. The van der Waals surface area contributed by atoms with Crippen molar-refractivity contribution in [2.24, 2.45) is 0 Å². The number of nitrogens with zero attached hydrogens (tertiary/aromatic N) is 2. The summed E-state index contributed by atoms with van der Waals surface area (Å²) in [6.07, 6.45) is 3.34. The summed E-state index contributed by atoms with van der Waals surface area (Å²) in [5.41, 5.74) is 0.587. The molecule has 0 bridgehead atoms. The van der Waals surface area contributed by atoms with Crippen LogP contribution in [-0.4, -0.2) is 34.1 Å². The van der Waals surface area contributed by atoms with Gasteiger partial charge in [0.05, 0.1) is 22.1 Å². The molecule has 2 rings (SSSR count). The van der Waals surface area contributed by atoms with Crippen LogP contribution in [0.3, 0.4) is 0 Å². The number of halogens is 1. The molecular formula is C13H17ClN2O3. The third-order valence-electron chi connectivity index (χ3n) is 3.63. The van der Waals surface area contributed by atoms with E-state index in [4.69, 9.17) is 16.7 Å². The second-order valence-corrected chi connectivity index (χ2v) is 5.18. The van der Waals surface area contributed by atoms with Gasteiger partial charge in [-0.25, -0.2) is 0 Å². The molecule has 104 valence electrons. The van der Waals surface area contributed by atoms with Gasteiger partial charge in [0.1, 0.15) is 0 Å². The topological polar surface area (TPSA) is 66.6 Å². The zero-order valence-corrected chi connectivity index (χ0v) is 11.3. The standard InChI is InChI=1S/C13H17ClN2O3/c14-12-5-2-6-13(16(18)19)11(12)9-15(7-8-17)10-3-1-4-10/h2,5-6,10,17H,1,3-4,7-9H2. The van der Waals surface area contributed by atoms with Gasteiger partial charge in [-0.3, -0.25) is 15.0 Å². The molecule has 1 aliphatic carbocycles. The fraction of sp³-hybridized carbons (Fsp3) is 0.538. The van der Waals surface area contributed by atoms with E-state index in [1.165, 1.54) is 12.5 Å². The lowest BCUT2D eigenvalue weighted by atomic mass is 9.91. The van der Waals surface area contributed by atoms with Gasteiger partial charge in [0, 0.05) is 25.2 Å². The van der Waals surface area contributed by atoms with Gasteiger partial charge in [0.2, 0.25) is 0 Å². The molecule has 0 aliphatic heterocycles. The van der Waals surface area contributed by atoms with Gasteiger partial charge in [-0.2, -0.15) is 0 Å². The predicted molar refractivity (Wildman–Crippen MR) is 73.2 cm³/mol. The molecule has 0 radical (unpaired) electrons. The van der Waals surface area contributed by atoms with E-state index in [0.717, 1.165) is 12.8 Å². The van der Waals surface area contributed by atoms with Crippen LogP contribution in [0, 0.1) is 10.1 Å². The van der Waals surface area contributed by atoms with E-state index in [9.17, 15) is 10.1 Å². The van der Waals surface area contributed by atoms with Gasteiger partial charge < -0.3 is 5.11 Å². The Hall–Kier alpha value is -1.17. The monoisotopic (exact) mass is 284 g/mol. The number of aliphatic hydroxyl groups is 1. The number of hydrogen-bond acceptors (Lipinski definition) is 4. The molecule has 1 fully saturated rings. The first-order valence-corrected chi connectivity index (χ1v) is 6.78. The molecular weight excluding hydrogens is 268 g/mol. The summed E-state index contributed by atoms with van der Waals surface area (Å²) in [6.45, 7) is 0.989. The molecule has 1 aliphatic rings. The van der Waals surface area contributed by atoms with Crippen molar-refractivity contribution in [1.29, 1.82) is 0 Å². The van der Waals surface area contributed by atoms with Crippen molar-refractivity contribution in [3.63, 3.8) is 0 Å². The SMILES string of the molecule is O=[N+]([O-])c1cccc(Cl)c1CN(CCO)C1CCC1. The van der Waals surface area contributed by atoms with E-state index in [2.05, 4.69) is 4.90 Å². The smallest absolute Gasteiger partial charge is 0.275 e. The summed E-state index contributed by atoms with van der Waals surface area (Å²) in [4.78, 5) is 12.7. The predicted octanol–water partition coefficient (Wildman–Crippen LogP) is 2.60. The first-order chi connectivity index (χ1) is 9.13. The summed E-state index contributed by atoms with van der Waals surface area (Å²) in [7, 11) is 0. The van der Waals surface area contributed by atoms with Crippen LogP contribution in [0.25, 0.3) is 0 Å². The highest BCUT2D eigenvalue weighted by atomic mass is 35.5. The molecule has 1 aromatic carbocycles. The number of rotatable bonds is 6. The number of nitro groups is 1. The Bertz CT molecular complexity index is 463. The highest BCUT2D eigenvalue weighted by molar-refractivity contribution is 6.31. The highest BCUT2D eigenvalue weighted by Crippen LogP contribution is 2.31. The third-order valence-corrected chi connectivity index (χ3v) is 3.98. The van der Waals surface area contributed by atoms with Crippen LogP contribution in [0.15, 0.2) is 18.2 Å². The molecule has 0 unspecified atom stereocenters. The molecule has 0 aromatic heterocycles. The van der Waals surface area contributed by atoms with Gasteiger partial charge in [-0.15, -0.1) is 0 Å². The fourth-order valence-electron chi connectivity index (χ4n) is 2.35. The lowest BCUT2D eigenvalue weighted by Crippen LogP contribution is -2.41. The average Bonchev–Trinajstić information content (AvgIpc) is 2.29. The van der Waals surface area contributed by atoms with Gasteiger partial charge in [-0.1, -0.05) is 24.1 Å². The Labute approximate surface area is 116 Å². The van der Waals surface area contributed by atoms with Crippen LogP contribution in [0.1, 0.15) is 24.8 Å². The van der Waals surface area contributed by atoms with Crippen molar-refractivity contribution in [3.8, 4) is 0 Å². The number of benzene rings is 1. The Morgan fingerprint density at radius 3 is 2.74 bits per heavy atom. The largest absolute Gasteiger partial charge is 0.395 e. The molecule has 6 heteroatoms. The first-order valence-electron chi connectivity index (χ1n) is 6.40. The van der Waals surface area contributed by atoms with Crippen LogP contribution in [0.4, 0.5) is 5.69 Å². The van der Waals surface area contributed by atoms with E-state index in [1.807, 2.05) is 0 Å². The molecule has 5 nitrogen and oxygen atoms in total. The normalized spacial score (nSPS) is 15.5. The Balaban J connectivity index is 2.22. The zero-order valence-electron chi connectivity index (χ0n) is 10.6. The minimum atomic E-state index is -0.404. The second kappa shape index (κ2) is 6.32. The molecule has 0 spiro atoms. The summed E-state index contributed by atoms with van der Waals surface area (Å²) in [5.74, 6) is 0. The van der Waals surface area contributed by atoms with E-state index >= 15 is 0 Å². The lowest BCUT2D eigenvalue weighted by molar-refractivity contribution is -0.385. The average molecular weight is 285 g/mol. The van der Waals surface area contributed by atoms with Crippen molar-refractivity contribution in [2.45, 2.75) is 31.8 Å². The molecule has 0 heterocycles. The number of hydrogen-bond donors (Lipinski definition) is 1. The maximum atomic E-state index is 11.0. The van der Waals surface area contributed by atoms with Crippen molar-refractivity contribution in [1.82, 2.24) is 4.90 Å². The van der Waals surface area contributed by atoms with Crippen LogP contribution in [0.5, 0.6) is 0 Å². The number of aliphatic hydroxyl groups excluding tert-OH is 1. The maximum Gasteiger partial charge on any atom is 0.275 e. The van der Waals surface area contributed by atoms with Crippen molar-refractivity contribution in [3.05, 3.63) is 38.9 Å². The Morgan fingerprint density at radius 1 is 1.47 bits per heavy atom. The van der Waals surface area contributed by atoms with Gasteiger partial charge >= 0.3 is 0 Å². The third kappa shape index (κ3) is 3.23. The Morgan fingerprint density at radius 2 is 2.21 bits per heavy atom. The van der Waals surface area contributed by atoms with Crippen molar-refractivity contribution in [2.75, 3.05) is 13.2 Å². The summed E-state index contributed by atoms with van der Waals surface area (Å²) >= 11 is 6.09. The summed E-state index contributed by atoms with van der Waals surface area (Å²) in [6, 6.07) is 5.13. The lowest BCUT2D eigenvalue weighted by Gasteiger charge is -2.37. The molecule has 0 amide bonds. The fourth-order valence-corrected chi connectivity index (χ4v) is 2.58. The van der Waals surface area contributed by atoms with E-state index < -0.39 is 4.92 Å². The van der Waals surface area contributed by atoms with Crippen LogP contribution in [-0.2, 0) is 6.54 Å². The zero-order chi connectivity index (χ0) is 13.8. The van der Waals surface area contributed by atoms with E-state index in [0.29, 0.717) is 29.7 Å². The molecule has 1 saturated carbocycles. The number of nitro benzene ring substituents is 1. The Kier molecular flexibility index (Phi) is 4.74. The first kappa shape index (κ1) is 14.2. The minimum absolute atomic E-state index is 0.0503. The molecule has 1 N–H and O–H groups in total. The molecule has 19 heavy (non-hydrogen) atoms. The second-order valence-electron chi connectivity index (χ2n) is 4.77. The van der Waals surface area contributed by atoms with Crippen LogP contribution >= 0.6 is 11.6 Å². The van der Waals surface area contributed by atoms with Crippen LogP contribution < -0.4 is 0 Å². The van der Waals surface area contributed by atoms with Gasteiger partial charge in [0.25, 0.3) is 5.69 Å². The quantitative estimate of drug-likeness (QED) is 0.644.